The first kappa shape index (κ1) is 17.4. The maximum atomic E-state index is 13.3. The van der Waals surface area contributed by atoms with Gasteiger partial charge in [0.25, 0.3) is 0 Å². The second-order valence-electron chi connectivity index (χ2n) is 5.92. The number of nitriles is 2. The van der Waals surface area contributed by atoms with E-state index >= 15 is 0 Å². The fourth-order valence-electron chi connectivity index (χ4n) is 2.88. The molecule has 0 bridgehead atoms. The Morgan fingerprint density at radius 2 is 1.82 bits per heavy atom. The summed E-state index contributed by atoms with van der Waals surface area (Å²) in [6.07, 6.45) is 0. The number of nitrogen functional groups attached to an aromatic ring is 1. The number of nitrogens with zero attached hydrogens (tertiary/aromatic N) is 5. The summed E-state index contributed by atoms with van der Waals surface area (Å²) in [7, 11) is 0. The molecule has 0 spiro atoms. The number of ketones is 1. The number of fused-ring (bicyclic) bond motifs is 1. The van der Waals surface area contributed by atoms with E-state index in [-0.39, 0.29) is 17.1 Å². The number of nitrogens with two attached hydrogens (primary N) is 1. The smallest absolute Gasteiger partial charge is 0.207 e. The Bertz CT molecular complexity index is 1240. The molecule has 0 radical (unpaired) electrons. The van der Waals surface area contributed by atoms with Crippen molar-refractivity contribution >= 4 is 33.0 Å². The molecular formula is C20H12N6OS. The number of carbonyl (C=O) groups excluding carboxylic acids is 1. The van der Waals surface area contributed by atoms with Crippen LogP contribution in [0, 0.1) is 22.7 Å². The molecule has 0 aliphatic carbocycles. The Hall–Kier alpha value is -4.01. The van der Waals surface area contributed by atoms with Crippen LogP contribution in [-0.2, 0) is 0 Å². The monoisotopic (exact) mass is 384 g/mol. The van der Waals surface area contributed by atoms with Crippen molar-refractivity contribution in [1.82, 2.24) is 14.8 Å². The second kappa shape index (κ2) is 6.95. The molecule has 8 heteroatoms. The number of benzene rings is 2. The Balaban J connectivity index is 1.86. The van der Waals surface area contributed by atoms with E-state index in [1.807, 2.05) is 42.5 Å². The van der Waals surface area contributed by atoms with E-state index in [0.29, 0.717) is 10.7 Å². The Labute approximate surface area is 163 Å². The van der Waals surface area contributed by atoms with Gasteiger partial charge in [-0.1, -0.05) is 30.3 Å². The van der Waals surface area contributed by atoms with Gasteiger partial charge in [-0.2, -0.15) is 15.6 Å². The van der Waals surface area contributed by atoms with Crippen LogP contribution in [0.5, 0.6) is 0 Å². The van der Waals surface area contributed by atoms with Crippen LogP contribution in [0.3, 0.4) is 0 Å². The lowest BCUT2D eigenvalue weighted by atomic mass is 10.0. The normalized spacial score (nSPS) is 11.6. The molecule has 1 atom stereocenters. The molecule has 0 saturated heterocycles. The van der Waals surface area contributed by atoms with Gasteiger partial charge in [0.2, 0.25) is 5.78 Å². The Morgan fingerprint density at radius 1 is 1.11 bits per heavy atom. The highest BCUT2D eigenvalue weighted by atomic mass is 32.1. The van der Waals surface area contributed by atoms with E-state index in [1.165, 1.54) is 16.0 Å². The van der Waals surface area contributed by atoms with Crippen LogP contribution in [0.15, 0.2) is 54.6 Å². The lowest BCUT2D eigenvalue weighted by molar-refractivity contribution is 0.0972. The summed E-state index contributed by atoms with van der Waals surface area (Å²) in [6.45, 7) is 0. The Morgan fingerprint density at radius 3 is 2.50 bits per heavy atom. The number of hydrogen-bond acceptors (Lipinski definition) is 7. The average molecular weight is 384 g/mol. The molecule has 2 N–H and O–H groups in total. The summed E-state index contributed by atoms with van der Waals surface area (Å²) >= 11 is 1.28. The molecule has 0 aliphatic rings. The van der Waals surface area contributed by atoms with E-state index in [9.17, 15) is 15.3 Å². The number of anilines is 1. The molecule has 0 aliphatic heterocycles. The van der Waals surface area contributed by atoms with Gasteiger partial charge in [0.15, 0.2) is 11.6 Å². The van der Waals surface area contributed by atoms with Crippen LogP contribution in [0.2, 0.25) is 0 Å². The van der Waals surface area contributed by atoms with Crippen molar-refractivity contribution < 1.29 is 4.79 Å². The fraction of sp³-hybridized carbons (Fsp3) is 0.0500. The SMILES string of the molecule is N#Cc1nn(-c2ccccc2)c(C(=O)C(C#N)c2nc3ccccc3s2)c1N. The first-order valence-corrected chi connectivity index (χ1v) is 9.09. The predicted octanol–water partition coefficient (Wildman–Crippen LogP) is 3.43. The highest BCUT2D eigenvalue weighted by molar-refractivity contribution is 7.18. The number of Topliss-reactive ketones (excluding diaryl/α,β-unsaturated/α-hetero) is 1. The van der Waals surface area contributed by atoms with Crippen LogP contribution in [0.1, 0.15) is 27.1 Å². The third kappa shape index (κ3) is 2.78. The Kier molecular flexibility index (Phi) is 4.32. The zero-order chi connectivity index (χ0) is 19.7. The lowest BCUT2D eigenvalue weighted by Gasteiger charge is -2.09. The van der Waals surface area contributed by atoms with Gasteiger partial charge in [-0.15, -0.1) is 11.3 Å². The molecule has 1 unspecified atom stereocenters. The lowest BCUT2D eigenvalue weighted by Crippen LogP contribution is -2.17. The number of hydrogen-bond donors (Lipinski definition) is 1. The van der Waals surface area contributed by atoms with Gasteiger partial charge in [-0.25, -0.2) is 9.67 Å². The van der Waals surface area contributed by atoms with Crippen LogP contribution in [0.4, 0.5) is 5.69 Å². The maximum Gasteiger partial charge on any atom is 0.207 e. The first-order valence-electron chi connectivity index (χ1n) is 8.27. The van der Waals surface area contributed by atoms with Crippen LogP contribution in [0.25, 0.3) is 15.9 Å². The molecule has 28 heavy (non-hydrogen) atoms. The molecule has 2 heterocycles. The molecule has 0 fully saturated rings. The predicted molar refractivity (Wildman–Crippen MR) is 105 cm³/mol. The number of rotatable bonds is 4. The summed E-state index contributed by atoms with van der Waals surface area (Å²) in [5.41, 5.74) is 7.24. The quantitative estimate of drug-likeness (QED) is 0.538. The summed E-state index contributed by atoms with van der Waals surface area (Å²) in [5.74, 6) is -1.69. The fourth-order valence-corrected chi connectivity index (χ4v) is 3.89. The van der Waals surface area contributed by atoms with Crippen LogP contribution in [-0.4, -0.2) is 20.5 Å². The van der Waals surface area contributed by atoms with Gasteiger partial charge in [0.1, 0.15) is 22.5 Å². The van der Waals surface area contributed by atoms with Crippen molar-refractivity contribution in [3.8, 4) is 17.8 Å². The van der Waals surface area contributed by atoms with E-state index in [4.69, 9.17) is 5.73 Å². The molecule has 2 aromatic heterocycles. The van der Waals surface area contributed by atoms with Crippen molar-refractivity contribution in [2.45, 2.75) is 5.92 Å². The van der Waals surface area contributed by atoms with Crippen molar-refractivity contribution in [3.63, 3.8) is 0 Å². The van der Waals surface area contributed by atoms with Crippen molar-refractivity contribution in [2.24, 2.45) is 0 Å². The van der Waals surface area contributed by atoms with E-state index < -0.39 is 11.7 Å². The van der Waals surface area contributed by atoms with E-state index in [1.54, 1.807) is 24.3 Å². The summed E-state index contributed by atoms with van der Waals surface area (Å²) in [6, 6.07) is 20.2. The van der Waals surface area contributed by atoms with Crippen LogP contribution >= 0.6 is 11.3 Å². The number of para-hydroxylation sites is 2. The van der Waals surface area contributed by atoms with E-state index in [0.717, 1.165) is 10.2 Å². The minimum atomic E-state index is -1.15. The number of carbonyl (C=O) groups is 1. The average Bonchev–Trinajstić information content (AvgIpc) is 3.29. The van der Waals surface area contributed by atoms with Crippen molar-refractivity contribution in [3.05, 3.63) is 71.0 Å². The van der Waals surface area contributed by atoms with Gasteiger partial charge in [0.05, 0.1) is 22.0 Å². The summed E-state index contributed by atoms with van der Waals surface area (Å²) in [4.78, 5) is 17.7. The number of aromatic nitrogens is 3. The van der Waals surface area contributed by atoms with Crippen LogP contribution < -0.4 is 5.73 Å². The zero-order valence-corrected chi connectivity index (χ0v) is 15.2. The highest BCUT2D eigenvalue weighted by Gasteiger charge is 2.32. The van der Waals surface area contributed by atoms with Gasteiger partial charge in [0, 0.05) is 0 Å². The zero-order valence-electron chi connectivity index (χ0n) is 14.4. The highest BCUT2D eigenvalue weighted by Crippen LogP contribution is 2.32. The molecule has 4 aromatic rings. The van der Waals surface area contributed by atoms with Crippen molar-refractivity contribution in [1.29, 1.82) is 10.5 Å². The van der Waals surface area contributed by atoms with Gasteiger partial charge in [-0.05, 0) is 24.3 Å². The minimum absolute atomic E-state index is 0.00792. The van der Waals surface area contributed by atoms with Gasteiger partial charge >= 0.3 is 0 Å². The molecule has 2 aromatic carbocycles. The summed E-state index contributed by atoms with van der Waals surface area (Å²) < 4.78 is 2.20. The minimum Gasteiger partial charge on any atom is -0.394 e. The van der Waals surface area contributed by atoms with Gasteiger partial charge < -0.3 is 5.73 Å². The molecule has 0 amide bonds. The third-order valence-electron chi connectivity index (χ3n) is 4.21. The first-order chi connectivity index (χ1) is 13.6. The summed E-state index contributed by atoms with van der Waals surface area (Å²) in [5, 5.41) is 23.6. The number of thiazole rings is 1. The van der Waals surface area contributed by atoms with E-state index in [2.05, 4.69) is 10.1 Å². The standard InChI is InChI=1S/C20H12N6OS/c21-10-13(20-24-14-8-4-5-9-16(14)28-20)19(27)18-17(23)15(11-22)25-26(18)12-6-2-1-3-7-12/h1-9,13H,23H2. The second-order valence-corrected chi connectivity index (χ2v) is 6.98. The van der Waals surface area contributed by atoms with Gasteiger partial charge in [-0.3, -0.25) is 4.79 Å². The molecule has 7 nitrogen and oxygen atoms in total. The molecular weight excluding hydrogens is 372 g/mol. The maximum absolute atomic E-state index is 13.3. The third-order valence-corrected chi connectivity index (χ3v) is 5.31. The molecule has 134 valence electrons. The largest absolute Gasteiger partial charge is 0.394 e. The molecule has 0 saturated carbocycles. The topological polar surface area (TPSA) is 121 Å². The van der Waals surface area contributed by atoms with Crippen molar-refractivity contribution in [2.75, 3.05) is 5.73 Å². The molecule has 4 rings (SSSR count).